The van der Waals surface area contributed by atoms with Crippen molar-refractivity contribution >= 4 is 46.4 Å². The molecule has 0 saturated carbocycles. The normalized spacial score (nSPS) is 13.4. The van der Waals surface area contributed by atoms with Crippen molar-refractivity contribution in [1.29, 1.82) is 0 Å². The lowest BCUT2D eigenvalue weighted by Gasteiger charge is -2.19. The zero-order valence-corrected chi connectivity index (χ0v) is 23.0. The second-order valence-corrected chi connectivity index (χ2v) is 15.8. The fourth-order valence-electron chi connectivity index (χ4n) is 4.91. The summed E-state index contributed by atoms with van der Waals surface area (Å²) in [5.74, 6) is 2.23. The molecule has 3 aromatic carbocycles. The van der Waals surface area contributed by atoms with Gasteiger partial charge in [0.2, 0.25) is 0 Å². The summed E-state index contributed by atoms with van der Waals surface area (Å²) < 4.78 is 8.58. The summed E-state index contributed by atoms with van der Waals surface area (Å²) in [6, 6.07) is 24.6. The summed E-state index contributed by atoms with van der Waals surface area (Å²) >= 11 is 0. The van der Waals surface area contributed by atoms with E-state index < -0.39 is 8.07 Å². The first kappa shape index (κ1) is 23.8. The molecule has 0 amide bonds. The zero-order chi connectivity index (χ0) is 26.4. The summed E-state index contributed by atoms with van der Waals surface area (Å²) in [5, 5.41) is 3.65. The third kappa shape index (κ3) is 4.29. The standard InChI is InChI=1S/C31H29N5OSi/c1-32-22-16-23(35-15-14-34(2)21-35)18-25(17-22)37-24-10-12-28-27-8-6-7-9-29(27)36(30(28)19-24)31-13-11-26(20-33-31)38(3,4)5/h6-20H,21H2,2-5H3. The smallest absolute Gasteiger partial charge is 0.192 e. The van der Waals surface area contributed by atoms with Gasteiger partial charge in [-0.05, 0) is 41.6 Å². The van der Waals surface area contributed by atoms with E-state index in [1.54, 1.807) is 6.07 Å². The number of anilines is 1. The number of rotatable bonds is 5. The molecule has 188 valence electrons. The zero-order valence-electron chi connectivity index (χ0n) is 22.0. The minimum Gasteiger partial charge on any atom is -0.459 e. The summed E-state index contributed by atoms with van der Waals surface area (Å²) in [5.41, 5.74) is 3.61. The van der Waals surface area contributed by atoms with Crippen molar-refractivity contribution in [1.82, 2.24) is 14.5 Å². The van der Waals surface area contributed by atoms with E-state index in [1.807, 2.05) is 43.8 Å². The summed E-state index contributed by atoms with van der Waals surface area (Å²) in [4.78, 5) is 12.8. The van der Waals surface area contributed by atoms with Crippen LogP contribution >= 0.6 is 0 Å². The highest BCUT2D eigenvalue weighted by molar-refractivity contribution is 6.88. The number of hydrogen-bond acceptors (Lipinski definition) is 4. The van der Waals surface area contributed by atoms with E-state index in [2.05, 4.69) is 87.4 Å². The van der Waals surface area contributed by atoms with Crippen LogP contribution < -0.4 is 14.8 Å². The van der Waals surface area contributed by atoms with Gasteiger partial charge in [-0.3, -0.25) is 4.57 Å². The van der Waals surface area contributed by atoms with E-state index in [9.17, 15) is 0 Å². The second kappa shape index (κ2) is 9.09. The first-order chi connectivity index (χ1) is 18.3. The molecule has 0 radical (unpaired) electrons. The highest BCUT2D eigenvalue weighted by Gasteiger charge is 2.19. The topological polar surface area (TPSA) is 37.9 Å². The Balaban J connectivity index is 1.44. The molecule has 7 heteroatoms. The molecular weight excluding hydrogens is 486 g/mol. The lowest BCUT2D eigenvalue weighted by atomic mass is 10.1. The molecule has 0 N–H and O–H groups in total. The highest BCUT2D eigenvalue weighted by Crippen LogP contribution is 2.37. The van der Waals surface area contributed by atoms with E-state index in [0.29, 0.717) is 17.2 Å². The van der Waals surface area contributed by atoms with Crippen molar-refractivity contribution in [2.24, 2.45) is 0 Å². The van der Waals surface area contributed by atoms with Gasteiger partial charge in [-0.1, -0.05) is 43.9 Å². The molecule has 1 aliphatic heterocycles. The van der Waals surface area contributed by atoms with E-state index in [4.69, 9.17) is 16.3 Å². The molecule has 0 fully saturated rings. The van der Waals surface area contributed by atoms with Gasteiger partial charge in [-0.2, -0.15) is 0 Å². The average molecular weight is 516 g/mol. The number of pyridine rings is 1. The van der Waals surface area contributed by atoms with Crippen LogP contribution in [-0.4, -0.2) is 36.2 Å². The number of aromatic nitrogens is 2. The first-order valence-corrected chi connectivity index (χ1v) is 16.2. The molecule has 0 atom stereocenters. The Labute approximate surface area is 223 Å². The number of fused-ring (bicyclic) bond motifs is 3. The van der Waals surface area contributed by atoms with Gasteiger partial charge in [0.1, 0.15) is 17.3 Å². The van der Waals surface area contributed by atoms with Crippen LogP contribution in [0.2, 0.25) is 19.6 Å². The summed E-state index contributed by atoms with van der Waals surface area (Å²) in [6.07, 6.45) is 6.06. The van der Waals surface area contributed by atoms with Crippen molar-refractivity contribution < 1.29 is 4.74 Å². The van der Waals surface area contributed by atoms with Gasteiger partial charge in [0.05, 0.1) is 32.3 Å². The lowest BCUT2D eigenvalue weighted by Crippen LogP contribution is -2.37. The van der Waals surface area contributed by atoms with Crippen LogP contribution in [0.4, 0.5) is 11.4 Å². The van der Waals surface area contributed by atoms with Crippen LogP contribution in [0.5, 0.6) is 11.5 Å². The van der Waals surface area contributed by atoms with Gasteiger partial charge >= 0.3 is 0 Å². The van der Waals surface area contributed by atoms with Gasteiger partial charge in [-0.25, -0.2) is 9.83 Å². The fourth-order valence-corrected chi connectivity index (χ4v) is 5.95. The van der Waals surface area contributed by atoms with Crippen LogP contribution in [0.25, 0.3) is 32.5 Å². The molecular formula is C31H29N5OSi. The van der Waals surface area contributed by atoms with E-state index in [-0.39, 0.29) is 0 Å². The van der Waals surface area contributed by atoms with E-state index in [0.717, 1.165) is 34.6 Å². The molecule has 5 aromatic rings. The molecule has 0 bridgehead atoms. The Morgan fingerprint density at radius 2 is 1.68 bits per heavy atom. The average Bonchev–Trinajstić information content (AvgIpc) is 3.49. The van der Waals surface area contributed by atoms with Crippen LogP contribution in [0.15, 0.2) is 91.4 Å². The highest BCUT2D eigenvalue weighted by atomic mass is 28.3. The Morgan fingerprint density at radius 3 is 2.39 bits per heavy atom. The molecule has 2 aromatic heterocycles. The molecule has 0 aliphatic carbocycles. The van der Waals surface area contributed by atoms with Gasteiger partial charge < -0.3 is 14.5 Å². The van der Waals surface area contributed by atoms with Crippen LogP contribution in [-0.2, 0) is 0 Å². The fraction of sp³-hybridized carbons (Fsp3) is 0.161. The van der Waals surface area contributed by atoms with Crippen LogP contribution in [0, 0.1) is 6.57 Å². The molecule has 1 aliphatic rings. The second-order valence-electron chi connectivity index (χ2n) is 10.8. The molecule has 3 heterocycles. The molecule has 38 heavy (non-hydrogen) atoms. The Bertz CT molecular complexity index is 1740. The Hall–Kier alpha value is -4.54. The van der Waals surface area contributed by atoms with Crippen molar-refractivity contribution in [3.8, 4) is 17.3 Å². The van der Waals surface area contributed by atoms with Gasteiger partial charge in [-0.15, -0.1) is 0 Å². The van der Waals surface area contributed by atoms with Gasteiger partial charge in [0.15, 0.2) is 5.69 Å². The quantitative estimate of drug-likeness (QED) is 0.183. The lowest BCUT2D eigenvalue weighted by molar-refractivity contribution is 0.481. The minimum absolute atomic E-state index is 0.544. The number of hydrogen-bond donors (Lipinski definition) is 0. The van der Waals surface area contributed by atoms with Crippen molar-refractivity contribution in [3.05, 3.63) is 103 Å². The minimum atomic E-state index is -1.45. The van der Waals surface area contributed by atoms with Crippen LogP contribution in [0.3, 0.4) is 0 Å². The summed E-state index contributed by atoms with van der Waals surface area (Å²) in [7, 11) is 0.572. The van der Waals surface area contributed by atoms with Crippen molar-refractivity contribution in [3.63, 3.8) is 0 Å². The predicted octanol–water partition coefficient (Wildman–Crippen LogP) is 7.25. The molecule has 0 unspecified atom stereocenters. The van der Waals surface area contributed by atoms with Crippen molar-refractivity contribution in [2.45, 2.75) is 19.6 Å². The maximum absolute atomic E-state index is 7.59. The van der Waals surface area contributed by atoms with E-state index >= 15 is 0 Å². The van der Waals surface area contributed by atoms with Gasteiger partial charge in [0, 0.05) is 54.2 Å². The number of benzene rings is 3. The maximum Gasteiger partial charge on any atom is 0.192 e. The van der Waals surface area contributed by atoms with Crippen LogP contribution in [0.1, 0.15) is 0 Å². The third-order valence-electron chi connectivity index (χ3n) is 6.94. The largest absolute Gasteiger partial charge is 0.459 e. The SMILES string of the molecule is [C-]#[N+]c1cc(Oc2ccc3c4ccccc4n(-c4ccc([Si](C)(C)C)cn4)c3c2)cc(N2C=CN(C)C2)c1. The molecule has 6 nitrogen and oxygen atoms in total. The Morgan fingerprint density at radius 1 is 0.868 bits per heavy atom. The van der Waals surface area contributed by atoms with Crippen molar-refractivity contribution in [2.75, 3.05) is 18.6 Å². The molecule has 0 spiro atoms. The maximum atomic E-state index is 7.59. The number of ether oxygens (including phenoxy) is 1. The predicted molar refractivity (Wildman–Crippen MR) is 159 cm³/mol. The first-order valence-electron chi connectivity index (χ1n) is 12.7. The molecule has 6 rings (SSSR count). The monoisotopic (exact) mass is 515 g/mol. The Kier molecular flexibility index (Phi) is 5.70. The third-order valence-corrected chi connectivity index (χ3v) is 8.97. The molecule has 0 saturated heterocycles. The number of para-hydroxylation sites is 1. The number of nitrogens with zero attached hydrogens (tertiary/aromatic N) is 5. The van der Waals surface area contributed by atoms with E-state index in [1.165, 1.54) is 10.6 Å². The summed E-state index contributed by atoms with van der Waals surface area (Å²) in [6.45, 7) is 15.3. The van der Waals surface area contributed by atoms with Gasteiger partial charge in [0.25, 0.3) is 0 Å².